The smallest absolute Gasteiger partial charge is 0.340 e. The fourth-order valence-electron chi connectivity index (χ4n) is 1.81. The maximum atomic E-state index is 12.3. The lowest BCUT2D eigenvalue weighted by Crippen LogP contribution is -2.41. The van der Waals surface area contributed by atoms with Crippen LogP contribution in [0.4, 0.5) is 0 Å². The van der Waals surface area contributed by atoms with Gasteiger partial charge in [-0.1, -0.05) is 18.2 Å². The lowest BCUT2D eigenvalue weighted by molar-refractivity contribution is -0.140. The fourth-order valence-corrected chi connectivity index (χ4v) is 1.81. The molecule has 1 heterocycles. The minimum Gasteiger partial charge on any atom is -0.479 e. The summed E-state index contributed by atoms with van der Waals surface area (Å²) in [7, 11) is 0. The first-order valence-electron chi connectivity index (χ1n) is 5.44. The van der Waals surface area contributed by atoms with E-state index in [0.717, 1.165) is 13.0 Å². The van der Waals surface area contributed by atoms with E-state index in [-0.39, 0.29) is 5.56 Å². The molecule has 2 rings (SSSR count). The molecule has 6 heteroatoms. The second-order valence-electron chi connectivity index (χ2n) is 4.16. The van der Waals surface area contributed by atoms with Gasteiger partial charge >= 0.3 is 5.97 Å². The number of Topliss-reactive ketones (excluding diaryl/α,β-unsaturated/α-hetero) is 1. The number of hydrogen-bond acceptors (Lipinski definition) is 4. The second kappa shape index (κ2) is 4.51. The molecule has 1 aromatic carbocycles. The molecule has 0 unspecified atom stereocenters. The third-order valence-corrected chi connectivity index (χ3v) is 2.96. The highest BCUT2D eigenvalue weighted by molar-refractivity contribution is 6.20. The molecule has 0 saturated heterocycles. The molecule has 0 saturated carbocycles. The molecule has 19 heavy (non-hydrogen) atoms. The predicted octanol–water partition coefficient (Wildman–Crippen LogP) is 1.53. The monoisotopic (exact) mass is 258 g/mol. The van der Waals surface area contributed by atoms with Crippen molar-refractivity contribution in [2.75, 3.05) is 0 Å². The van der Waals surface area contributed by atoms with Crippen LogP contribution in [-0.4, -0.2) is 33.5 Å². The van der Waals surface area contributed by atoms with Gasteiger partial charge in [-0.05, 0) is 13.0 Å². The molecule has 0 aliphatic rings. The zero-order chi connectivity index (χ0) is 14.0. The van der Waals surface area contributed by atoms with Gasteiger partial charge in [0, 0.05) is 22.7 Å². The van der Waals surface area contributed by atoms with Crippen molar-refractivity contribution in [3.63, 3.8) is 0 Å². The molecule has 1 aromatic heterocycles. The van der Waals surface area contributed by atoms with E-state index < -0.39 is 17.3 Å². The lowest BCUT2D eigenvalue weighted by Gasteiger charge is -2.15. The predicted molar refractivity (Wildman–Crippen MR) is 66.8 cm³/mol. The standard InChI is InChI=1S/C13H10N2O4/c1-13(12(18)19,15-7-16)11(17)9-6-14-10-5-3-2-4-8(9)10/h2-6,14H,1H3,(H,18,19)/t13-/m0/s1. The Morgan fingerprint density at radius 3 is 2.68 bits per heavy atom. The summed E-state index contributed by atoms with van der Waals surface area (Å²) in [6.45, 7) is 1.07. The summed E-state index contributed by atoms with van der Waals surface area (Å²) in [5, 5.41) is 9.69. The average molecular weight is 258 g/mol. The van der Waals surface area contributed by atoms with Gasteiger partial charge in [0.05, 0.1) is 0 Å². The number of H-pyrrole nitrogens is 1. The van der Waals surface area contributed by atoms with Gasteiger partial charge in [0.1, 0.15) is 0 Å². The SMILES string of the molecule is C[C@@](N=C=O)(C(=O)O)C(=O)c1c[nH]c2ccccc12. The van der Waals surface area contributed by atoms with Gasteiger partial charge < -0.3 is 10.1 Å². The molecule has 6 nitrogen and oxygen atoms in total. The van der Waals surface area contributed by atoms with Crippen molar-refractivity contribution < 1.29 is 19.5 Å². The highest BCUT2D eigenvalue weighted by atomic mass is 16.4. The lowest BCUT2D eigenvalue weighted by atomic mass is 9.92. The van der Waals surface area contributed by atoms with E-state index in [9.17, 15) is 14.4 Å². The van der Waals surface area contributed by atoms with Crippen LogP contribution in [0.2, 0.25) is 0 Å². The van der Waals surface area contributed by atoms with Crippen LogP contribution in [0.5, 0.6) is 0 Å². The number of hydrogen-bond donors (Lipinski definition) is 2. The number of aliphatic imine (C=N–C) groups is 1. The third-order valence-electron chi connectivity index (χ3n) is 2.96. The summed E-state index contributed by atoms with van der Waals surface area (Å²) in [5.41, 5.74) is -1.28. The van der Waals surface area contributed by atoms with Crippen molar-refractivity contribution in [2.45, 2.75) is 12.5 Å². The summed E-state index contributed by atoms with van der Waals surface area (Å²) in [6.07, 6.45) is 2.55. The summed E-state index contributed by atoms with van der Waals surface area (Å²) >= 11 is 0. The number of para-hydroxylation sites is 1. The molecule has 0 spiro atoms. The molecule has 0 aliphatic carbocycles. The van der Waals surface area contributed by atoms with E-state index in [1.807, 2.05) is 0 Å². The fraction of sp³-hybridized carbons (Fsp3) is 0.154. The van der Waals surface area contributed by atoms with E-state index in [4.69, 9.17) is 5.11 Å². The van der Waals surface area contributed by atoms with Gasteiger partial charge in [0.25, 0.3) is 0 Å². The molecule has 2 N–H and O–H groups in total. The number of ketones is 1. The first-order valence-corrected chi connectivity index (χ1v) is 5.44. The van der Waals surface area contributed by atoms with Crippen LogP contribution in [0.25, 0.3) is 10.9 Å². The number of fused-ring (bicyclic) bond motifs is 1. The number of carbonyl (C=O) groups is 2. The summed E-state index contributed by atoms with van der Waals surface area (Å²) in [5.74, 6) is -2.26. The summed E-state index contributed by atoms with van der Waals surface area (Å²) < 4.78 is 0. The molecular weight excluding hydrogens is 248 g/mol. The number of isocyanates is 1. The van der Waals surface area contributed by atoms with Gasteiger partial charge in [-0.3, -0.25) is 4.79 Å². The van der Waals surface area contributed by atoms with Gasteiger partial charge in [-0.25, -0.2) is 9.59 Å². The maximum Gasteiger partial charge on any atom is 0.340 e. The van der Waals surface area contributed by atoms with Crippen LogP contribution >= 0.6 is 0 Å². The van der Waals surface area contributed by atoms with Crippen LogP contribution in [-0.2, 0) is 9.59 Å². The number of carbonyl (C=O) groups excluding carboxylic acids is 2. The van der Waals surface area contributed by atoms with Crippen molar-refractivity contribution in [2.24, 2.45) is 4.99 Å². The number of carboxylic acids is 1. The third kappa shape index (κ3) is 1.94. The number of aromatic amines is 1. The Hall–Kier alpha value is -2.72. The maximum absolute atomic E-state index is 12.3. The zero-order valence-electron chi connectivity index (χ0n) is 10.0. The van der Waals surface area contributed by atoms with Crippen molar-refractivity contribution in [1.82, 2.24) is 4.98 Å². The van der Waals surface area contributed by atoms with Gasteiger partial charge in [0.15, 0.2) is 0 Å². The number of nitrogens with one attached hydrogen (secondary N) is 1. The van der Waals surface area contributed by atoms with Crippen LogP contribution in [0.1, 0.15) is 17.3 Å². The second-order valence-corrected chi connectivity index (χ2v) is 4.16. The van der Waals surface area contributed by atoms with Crippen molar-refractivity contribution in [3.05, 3.63) is 36.0 Å². The Kier molecular flexibility index (Phi) is 3.02. The first kappa shape index (κ1) is 12.7. The van der Waals surface area contributed by atoms with Gasteiger partial charge in [-0.2, -0.15) is 4.99 Å². The Morgan fingerprint density at radius 2 is 2.05 bits per heavy atom. The molecule has 0 bridgehead atoms. The molecular formula is C13H10N2O4. The number of benzene rings is 1. The Bertz CT molecular complexity index is 708. The molecule has 1 atom stereocenters. The number of aromatic nitrogens is 1. The largest absolute Gasteiger partial charge is 0.479 e. The highest BCUT2D eigenvalue weighted by Gasteiger charge is 2.43. The summed E-state index contributed by atoms with van der Waals surface area (Å²) in [4.78, 5) is 39.8. The molecule has 0 aliphatic heterocycles. The van der Waals surface area contributed by atoms with E-state index >= 15 is 0 Å². The van der Waals surface area contributed by atoms with Crippen molar-refractivity contribution >= 4 is 28.7 Å². The molecule has 0 radical (unpaired) electrons. The number of aliphatic carboxylic acids is 1. The number of nitrogens with zero attached hydrogens (tertiary/aromatic N) is 1. The van der Waals surface area contributed by atoms with Crippen LogP contribution in [0.15, 0.2) is 35.5 Å². The molecule has 96 valence electrons. The quantitative estimate of drug-likeness (QED) is 0.376. The van der Waals surface area contributed by atoms with E-state index in [2.05, 4.69) is 9.98 Å². The minimum absolute atomic E-state index is 0.180. The number of rotatable bonds is 4. The van der Waals surface area contributed by atoms with Crippen LogP contribution in [0.3, 0.4) is 0 Å². The Balaban J connectivity index is 2.60. The topological polar surface area (TPSA) is 99.6 Å². The van der Waals surface area contributed by atoms with Crippen LogP contribution in [0, 0.1) is 0 Å². The summed E-state index contributed by atoms with van der Waals surface area (Å²) in [6, 6.07) is 6.96. The van der Waals surface area contributed by atoms with E-state index in [1.54, 1.807) is 24.3 Å². The minimum atomic E-state index is -2.16. The van der Waals surface area contributed by atoms with E-state index in [1.165, 1.54) is 6.20 Å². The van der Waals surface area contributed by atoms with Gasteiger partial charge in [0.2, 0.25) is 17.4 Å². The van der Waals surface area contributed by atoms with Crippen molar-refractivity contribution in [1.29, 1.82) is 0 Å². The Morgan fingerprint density at radius 1 is 1.37 bits per heavy atom. The zero-order valence-corrected chi connectivity index (χ0v) is 10.0. The average Bonchev–Trinajstić information content (AvgIpc) is 2.81. The van der Waals surface area contributed by atoms with E-state index in [0.29, 0.717) is 10.9 Å². The molecule has 0 fully saturated rings. The highest BCUT2D eigenvalue weighted by Crippen LogP contribution is 2.24. The van der Waals surface area contributed by atoms with Crippen molar-refractivity contribution in [3.8, 4) is 0 Å². The normalized spacial score (nSPS) is 13.5. The number of carboxylic acid groups (broad SMARTS) is 1. The first-order chi connectivity index (χ1) is 9.00. The Labute approximate surface area is 107 Å². The molecule has 2 aromatic rings. The molecule has 0 amide bonds. The van der Waals surface area contributed by atoms with Gasteiger partial charge in [-0.15, -0.1) is 0 Å². The van der Waals surface area contributed by atoms with Crippen LogP contribution < -0.4 is 0 Å².